The van der Waals surface area contributed by atoms with E-state index in [1.54, 1.807) is 26.0 Å². The van der Waals surface area contributed by atoms with Crippen molar-refractivity contribution in [3.8, 4) is 0 Å². The zero-order chi connectivity index (χ0) is 14.6. The van der Waals surface area contributed by atoms with Crippen LogP contribution in [-0.4, -0.2) is 31.7 Å². The zero-order valence-corrected chi connectivity index (χ0v) is 11.9. The number of carbonyl (C=O) groups excluding carboxylic acids is 2. The number of benzene rings is 1. The molecule has 0 aliphatic rings. The molecule has 1 aromatic carbocycles. The highest BCUT2D eigenvalue weighted by atomic mass is 16.5. The minimum Gasteiger partial charge on any atom is -0.465 e. The fourth-order valence-corrected chi connectivity index (χ4v) is 1.41. The Labute approximate surface area is 112 Å². The van der Waals surface area contributed by atoms with Crippen LogP contribution in [-0.2, 0) is 14.3 Å². The normalized spacial score (nSPS) is 11.0. The van der Waals surface area contributed by atoms with Crippen LogP contribution in [0, 0.1) is 6.92 Å². The van der Waals surface area contributed by atoms with E-state index in [0.717, 1.165) is 5.56 Å². The SMILES string of the molecule is COC(=O)c1cc(C)ccc1NC(=O)C(C)(C)OC. The van der Waals surface area contributed by atoms with E-state index in [0.29, 0.717) is 11.3 Å². The molecule has 1 amide bonds. The first-order chi connectivity index (χ1) is 8.81. The standard InChI is InChI=1S/C14H19NO4/c1-9-6-7-11(10(8-9)12(16)18-4)15-13(17)14(2,3)19-5/h6-8H,1-5H3,(H,15,17). The number of aryl methyl sites for hydroxylation is 1. The average Bonchev–Trinajstić information content (AvgIpc) is 2.39. The smallest absolute Gasteiger partial charge is 0.339 e. The van der Waals surface area contributed by atoms with Gasteiger partial charge in [0.2, 0.25) is 0 Å². The van der Waals surface area contributed by atoms with Crippen molar-refractivity contribution in [3.05, 3.63) is 29.3 Å². The van der Waals surface area contributed by atoms with Crippen molar-refractivity contribution in [2.24, 2.45) is 0 Å². The Morgan fingerprint density at radius 1 is 1.21 bits per heavy atom. The fraction of sp³-hybridized carbons (Fsp3) is 0.429. The topological polar surface area (TPSA) is 64.6 Å². The van der Waals surface area contributed by atoms with Crippen molar-refractivity contribution < 1.29 is 19.1 Å². The molecule has 0 radical (unpaired) electrons. The molecule has 0 bridgehead atoms. The van der Waals surface area contributed by atoms with Gasteiger partial charge in [-0.15, -0.1) is 0 Å². The van der Waals surface area contributed by atoms with Crippen LogP contribution < -0.4 is 5.32 Å². The maximum absolute atomic E-state index is 12.0. The van der Waals surface area contributed by atoms with Crippen molar-refractivity contribution in [3.63, 3.8) is 0 Å². The molecule has 5 heteroatoms. The molecule has 0 unspecified atom stereocenters. The van der Waals surface area contributed by atoms with Gasteiger partial charge < -0.3 is 14.8 Å². The first-order valence-corrected chi connectivity index (χ1v) is 5.87. The van der Waals surface area contributed by atoms with Crippen molar-refractivity contribution in [2.75, 3.05) is 19.5 Å². The Morgan fingerprint density at radius 3 is 2.37 bits per heavy atom. The summed E-state index contributed by atoms with van der Waals surface area (Å²) in [5.41, 5.74) is 0.665. The monoisotopic (exact) mass is 265 g/mol. The van der Waals surface area contributed by atoms with E-state index in [4.69, 9.17) is 9.47 Å². The largest absolute Gasteiger partial charge is 0.465 e. The summed E-state index contributed by atoms with van der Waals surface area (Å²) in [6, 6.07) is 5.15. The molecule has 0 fully saturated rings. The van der Waals surface area contributed by atoms with E-state index < -0.39 is 11.6 Å². The minimum atomic E-state index is -0.974. The molecule has 19 heavy (non-hydrogen) atoms. The Morgan fingerprint density at radius 2 is 1.84 bits per heavy atom. The average molecular weight is 265 g/mol. The summed E-state index contributed by atoms with van der Waals surface area (Å²) >= 11 is 0. The molecule has 1 aromatic rings. The maximum atomic E-state index is 12.0. The van der Waals surface area contributed by atoms with Crippen LogP contribution in [0.15, 0.2) is 18.2 Å². The molecule has 1 rings (SSSR count). The highest BCUT2D eigenvalue weighted by molar-refractivity contribution is 6.03. The third kappa shape index (κ3) is 3.54. The number of rotatable bonds is 4. The van der Waals surface area contributed by atoms with Gasteiger partial charge in [-0.2, -0.15) is 0 Å². The van der Waals surface area contributed by atoms with E-state index in [1.165, 1.54) is 14.2 Å². The summed E-state index contributed by atoms with van der Waals surface area (Å²) in [5, 5.41) is 2.68. The van der Waals surface area contributed by atoms with Gasteiger partial charge in [-0.3, -0.25) is 4.79 Å². The number of methoxy groups -OCH3 is 2. The molecule has 0 heterocycles. The van der Waals surface area contributed by atoms with Gasteiger partial charge in [0.1, 0.15) is 5.60 Å². The van der Waals surface area contributed by atoms with E-state index in [9.17, 15) is 9.59 Å². The van der Waals surface area contributed by atoms with Crippen LogP contribution in [0.2, 0.25) is 0 Å². The van der Waals surface area contributed by atoms with Crippen molar-refractivity contribution in [2.45, 2.75) is 26.4 Å². The summed E-state index contributed by atoms with van der Waals surface area (Å²) in [6.45, 7) is 5.15. The predicted octanol–water partition coefficient (Wildman–Crippen LogP) is 2.15. The van der Waals surface area contributed by atoms with Gasteiger partial charge in [-0.25, -0.2) is 4.79 Å². The van der Waals surface area contributed by atoms with Gasteiger partial charge in [-0.05, 0) is 32.9 Å². The van der Waals surface area contributed by atoms with Gasteiger partial charge in [0.25, 0.3) is 5.91 Å². The lowest BCUT2D eigenvalue weighted by Crippen LogP contribution is -2.39. The summed E-state index contributed by atoms with van der Waals surface area (Å²) < 4.78 is 9.80. The van der Waals surface area contributed by atoms with Gasteiger partial charge in [0.05, 0.1) is 18.4 Å². The number of hydrogen-bond donors (Lipinski definition) is 1. The Kier molecular flexibility index (Phi) is 4.67. The highest BCUT2D eigenvalue weighted by Crippen LogP contribution is 2.20. The minimum absolute atomic E-state index is 0.322. The van der Waals surface area contributed by atoms with E-state index in [-0.39, 0.29) is 5.91 Å². The van der Waals surface area contributed by atoms with E-state index in [1.807, 2.05) is 13.0 Å². The molecule has 0 aliphatic heterocycles. The molecule has 1 N–H and O–H groups in total. The Bertz CT molecular complexity index is 494. The van der Waals surface area contributed by atoms with Gasteiger partial charge in [0.15, 0.2) is 0 Å². The highest BCUT2D eigenvalue weighted by Gasteiger charge is 2.28. The van der Waals surface area contributed by atoms with Crippen LogP contribution in [0.3, 0.4) is 0 Å². The summed E-state index contributed by atoms with van der Waals surface area (Å²) in [6.07, 6.45) is 0. The summed E-state index contributed by atoms with van der Waals surface area (Å²) in [5.74, 6) is -0.821. The third-order valence-corrected chi connectivity index (χ3v) is 2.89. The summed E-state index contributed by atoms with van der Waals surface area (Å²) in [7, 11) is 2.76. The molecular weight excluding hydrogens is 246 g/mol. The van der Waals surface area contributed by atoms with Crippen LogP contribution in [0.4, 0.5) is 5.69 Å². The molecule has 0 aromatic heterocycles. The molecule has 0 aliphatic carbocycles. The number of nitrogens with one attached hydrogen (secondary N) is 1. The second-order valence-corrected chi connectivity index (χ2v) is 4.71. The lowest BCUT2D eigenvalue weighted by molar-refractivity contribution is -0.133. The molecule has 0 atom stereocenters. The van der Waals surface area contributed by atoms with E-state index >= 15 is 0 Å². The zero-order valence-electron chi connectivity index (χ0n) is 11.9. The number of hydrogen-bond acceptors (Lipinski definition) is 4. The first kappa shape index (κ1) is 15.2. The van der Waals surface area contributed by atoms with Crippen LogP contribution in [0.5, 0.6) is 0 Å². The summed E-state index contributed by atoms with van der Waals surface area (Å²) in [4.78, 5) is 23.7. The number of anilines is 1. The molecule has 0 saturated heterocycles. The fourth-order valence-electron chi connectivity index (χ4n) is 1.41. The lowest BCUT2D eigenvalue weighted by Gasteiger charge is -2.22. The predicted molar refractivity (Wildman–Crippen MR) is 72.2 cm³/mol. The first-order valence-electron chi connectivity index (χ1n) is 5.87. The third-order valence-electron chi connectivity index (χ3n) is 2.89. The Hall–Kier alpha value is -1.88. The van der Waals surface area contributed by atoms with Crippen molar-refractivity contribution >= 4 is 17.6 Å². The Balaban J connectivity index is 3.08. The number of carbonyl (C=O) groups is 2. The van der Waals surface area contributed by atoms with Crippen molar-refractivity contribution in [1.29, 1.82) is 0 Å². The molecule has 5 nitrogen and oxygen atoms in total. The quantitative estimate of drug-likeness (QED) is 0.847. The van der Waals surface area contributed by atoms with Crippen molar-refractivity contribution in [1.82, 2.24) is 0 Å². The molecule has 104 valence electrons. The second kappa shape index (κ2) is 5.84. The van der Waals surface area contributed by atoms with E-state index in [2.05, 4.69) is 5.32 Å². The second-order valence-electron chi connectivity index (χ2n) is 4.71. The van der Waals surface area contributed by atoms with Gasteiger partial charge >= 0.3 is 5.97 Å². The number of amides is 1. The van der Waals surface area contributed by atoms with Crippen LogP contribution in [0.1, 0.15) is 29.8 Å². The van der Waals surface area contributed by atoms with Gasteiger partial charge in [0, 0.05) is 7.11 Å². The lowest BCUT2D eigenvalue weighted by atomic mass is 10.1. The molecule has 0 saturated carbocycles. The number of ether oxygens (including phenoxy) is 2. The number of esters is 1. The molecular formula is C14H19NO4. The van der Waals surface area contributed by atoms with Crippen LogP contribution in [0.25, 0.3) is 0 Å². The van der Waals surface area contributed by atoms with Gasteiger partial charge in [-0.1, -0.05) is 11.6 Å². The maximum Gasteiger partial charge on any atom is 0.339 e. The van der Waals surface area contributed by atoms with Crippen LogP contribution >= 0.6 is 0 Å². The molecule has 0 spiro atoms.